The van der Waals surface area contributed by atoms with Crippen LogP contribution in [-0.2, 0) is 6.61 Å². The number of fused-ring (bicyclic) bond motifs is 1. The standard InChI is InChI=1S/C22H12Cl3FO3/c23-17-6-1-12(7-19(17)25)8-21-22(27)16-5-4-15(10-20(16)29-21)28-11-13-2-3-14(26)9-18(13)24/h1-10H,11H2/b21-8-. The predicted octanol–water partition coefficient (Wildman–Crippen LogP) is 6.98. The highest BCUT2D eigenvalue weighted by Gasteiger charge is 2.27. The fourth-order valence-corrected chi connectivity index (χ4v) is 3.34. The quantitative estimate of drug-likeness (QED) is 0.403. The summed E-state index contributed by atoms with van der Waals surface area (Å²) < 4.78 is 24.6. The van der Waals surface area contributed by atoms with Gasteiger partial charge in [-0.2, -0.15) is 0 Å². The van der Waals surface area contributed by atoms with Crippen LogP contribution >= 0.6 is 34.8 Å². The normalized spacial score (nSPS) is 14.1. The summed E-state index contributed by atoms with van der Waals surface area (Å²) in [6.07, 6.45) is 1.60. The van der Waals surface area contributed by atoms with Crippen molar-refractivity contribution in [1.29, 1.82) is 0 Å². The third-order valence-corrected chi connectivity index (χ3v) is 5.38. The van der Waals surface area contributed by atoms with E-state index in [1.165, 1.54) is 12.1 Å². The highest BCUT2D eigenvalue weighted by atomic mass is 35.5. The van der Waals surface area contributed by atoms with Crippen molar-refractivity contribution in [3.8, 4) is 11.5 Å². The largest absolute Gasteiger partial charge is 0.489 e. The number of rotatable bonds is 4. The molecule has 0 aliphatic carbocycles. The zero-order chi connectivity index (χ0) is 20.5. The van der Waals surface area contributed by atoms with Crippen LogP contribution in [0.5, 0.6) is 11.5 Å². The fourth-order valence-electron chi connectivity index (χ4n) is 2.81. The Morgan fingerprint density at radius 3 is 2.52 bits per heavy atom. The van der Waals surface area contributed by atoms with E-state index in [2.05, 4.69) is 0 Å². The van der Waals surface area contributed by atoms with Gasteiger partial charge in [-0.25, -0.2) is 4.39 Å². The molecule has 0 radical (unpaired) electrons. The summed E-state index contributed by atoms with van der Waals surface area (Å²) in [6, 6.07) is 14.1. The van der Waals surface area contributed by atoms with Crippen molar-refractivity contribution in [3.05, 3.63) is 97.9 Å². The van der Waals surface area contributed by atoms with Gasteiger partial charge in [0, 0.05) is 11.6 Å². The first kappa shape index (κ1) is 19.8. The van der Waals surface area contributed by atoms with Crippen LogP contribution in [0.25, 0.3) is 6.08 Å². The van der Waals surface area contributed by atoms with Gasteiger partial charge >= 0.3 is 0 Å². The lowest BCUT2D eigenvalue weighted by atomic mass is 10.1. The van der Waals surface area contributed by atoms with E-state index in [9.17, 15) is 9.18 Å². The van der Waals surface area contributed by atoms with Crippen molar-refractivity contribution in [1.82, 2.24) is 0 Å². The molecule has 0 fully saturated rings. The molecule has 0 aromatic heterocycles. The maximum Gasteiger partial charge on any atom is 0.231 e. The number of hydrogen-bond donors (Lipinski definition) is 0. The van der Waals surface area contributed by atoms with Crippen LogP contribution in [0.2, 0.25) is 15.1 Å². The minimum absolute atomic E-state index is 0.151. The first-order valence-corrected chi connectivity index (χ1v) is 9.64. The third-order valence-electron chi connectivity index (χ3n) is 4.29. The molecule has 1 aliphatic rings. The number of Topliss-reactive ketones (excluding diaryl/α,β-unsaturated/α-hetero) is 1. The summed E-state index contributed by atoms with van der Waals surface area (Å²) in [5.41, 5.74) is 1.77. The summed E-state index contributed by atoms with van der Waals surface area (Å²) in [7, 11) is 0. The summed E-state index contributed by atoms with van der Waals surface area (Å²) in [6.45, 7) is 0.151. The van der Waals surface area contributed by atoms with Crippen molar-refractivity contribution < 1.29 is 18.7 Å². The topological polar surface area (TPSA) is 35.5 Å². The maximum absolute atomic E-state index is 13.1. The van der Waals surface area contributed by atoms with Gasteiger partial charge in [-0.15, -0.1) is 0 Å². The van der Waals surface area contributed by atoms with Crippen LogP contribution in [0.3, 0.4) is 0 Å². The summed E-state index contributed by atoms with van der Waals surface area (Å²) in [5, 5.41) is 1.10. The van der Waals surface area contributed by atoms with E-state index in [0.717, 1.165) is 0 Å². The number of allylic oxidation sites excluding steroid dienone is 1. The van der Waals surface area contributed by atoms with Gasteiger partial charge in [-0.1, -0.05) is 46.9 Å². The molecule has 0 atom stereocenters. The van der Waals surface area contributed by atoms with E-state index in [0.29, 0.717) is 38.2 Å². The minimum atomic E-state index is -0.413. The third kappa shape index (κ3) is 4.25. The lowest BCUT2D eigenvalue weighted by Gasteiger charge is -2.08. The highest BCUT2D eigenvalue weighted by Crippen LogP contribution is 2.35. The SMILES string of the molecule is O=C1/C(=C/c2ccc(Cl)c(Cl)c2)Oc2cc(OCc3ccc(F)cc3Cl)ccc21. The van der Waals surface area contributed by atoms with Crippen LogP contribution in [0, 0.1) is 5.82 Å². The molecule has 0 N–H and O–H groups in total. The molecule has 0 unspecified atom stereocenters. The van der Waals surface area contributed by atoms with Crippen LogP contribution < -0.4 is 9.47 Å². The van der Waals surface area contributed by atoms with Gasteiger partial charge in [0.15, 0.2) is 5.76 Å². The molecule has 0 saturated heterocycles. The Hall–Kier alpha value is -2.53. The molecule has 29 heavy (non-hydrogen) atoms. The molecular weight excluding hydrogens is 438 g/mol. The van der Waals surface area contributed by atoms with Crippen LogP contribution in [-0.4, -0.2) is 5.78 Å². The molecule has 0 saturated carbocycles. The van der Waals surface area contributed by atoms with Gasteiger partial charge in [-0.05, 0) is 48.0 Å². The Balaban J connectivity index is 1.52. The van der Waals surface area contributed by atoms with Crippen molar-refractivity contribution in [3.63, 3.8) is 0 Å². The van der Waals surface area contributed by atoms with Gasteiger partial charge in [0.05, 0.1) is 20.6 Å². The van der Waals surface area contributed by atoms with Crippen molar-refractivity contribution >= 4 is 46.7 Å². The van der Waals surface area contributed by atoms with Crippen molar-refractivity contribution in [2.75, 3.05) is 0 Å². The molecule has 1 aliphatic heterocycles. The van der Waals surface area contributed by atoms with E-state index in [4.69, 9.17) is 44.3 Å². The van der Waals surface area contributed by atoms with E-state index in [1.54, 1.807) is 48.5 Å². The van der Waals surface area contributed by atoms with Gasteiger partial charge in [0.1, 0.15) is 23.9 Å². The smallest absolute Gasteiger partial charge is 0.231 e. The average Bonchev–Trinajstić information content (AvgIpc) is 2.99. The number of halogens is 4. The van der Waals surface area contributed by atoms with Crippen LogP contribution in [0.1, 0.15) is 21.5 Å². The van der Waals surface area contributed by atoms with Crippen LogP contribution in [0.4, 0.5) is 4.39 Å². The summed E-state index contributed by atoms with van der Waals surface area (Å²) >= 11 is 17.9. The van der Waals surface area contributed by atoms with Crippen molar-refractivity contribution in [2.24, 2.45) is 0 Å². The lowest BCUT2D eigenvalue weighted by Crippen LogP contribution is -1.98. The Morgan fingerprint density at radius 2 is 1.76 bits per heavy atom. The van der Waals surface area contributed by atoms with Gasteiger partial charge in [0.25, 0.3) is 0 Å². The maximum atomic E-state index is 13.1. The van der Waals surface area contributed by atoms with Gasteiger partial charge < -0.3 is 9.47 Å². The van der Waals surface area contributed by atoms with E-state index < -0.39 is 5.82 Å². The second-order valence-electron chi connectivity index (χ2n) is 6.30. The minimum Gasteiger partial charge on any atom is -0.489 e. The molecule has 3 nitrogen and oxygen atoms in total. The molecule has 7 heteroatoms. The number of hydrogen-bond acceptors (Lipinski definition) is 3. The molecule has 3 aromatic rings. The summed E-state index contributed by atoms with van der Waals surface area (Å²) in [5.74, 6) is 0.414. The molecule has 3 aromatic carbocycles. The second-order valence-corrected chi connectivity index (χ2v) is 7.52. The van der Waals surface area contributed by atoms with Gasteiger partial charge in [0.2, 0.25) is 5.78 Å². The molecular formula is C22H12Cl3FO3. The lowest BCUT2D eigenvalue weighted by molar-refractivity contribution is 0.101. The first-order chi connectivity index (χ1) is 13.9. The van der Waals surface area contributed by atoms with Crippen LogP contribution in [0.15, 0.2) is 60.4 Å². The monoisotopic (exact) mass is 448 g/mol. The van der Waals surface area contributed by atoms with E-state index in [-0.39, 0.29) is 23.2 Å². The van der Waals surface area contributed by atoms with Gasteiger partial charge in [-0.3, -0.25) is 4.79 Å². The second kappa shape index (κ2) is 8.07. The fraction of sp³-hybridized carbons (Fsp3) is 0.0455. The Bertz CT molecular complexity index is 1160. The zero-order valence-electron chi connectivity index (χ0n) is 14.7. The number of benzene rings is 3. The highest BCUT2D eigenvalue weighted by molar-refractivity contribution is 6.42. The average molecular weight is 450 g/mol. The number of ketones is 1. The first-order valence-electron chi connectivity index (χ1n) is 8.51. The Kier molecular flexibility index (Phi) is 5.50. The van der Waals surface area contributed by atoms with Crippen molar-refractivity contribution in [2.45, 2.75) is 6.61 Å². The molecule has 0 amide bonds. The molecule has 146 valence electrons. The molecule has 1 heterocycles. The molecule has 4 rings (SSSR count). The molecule has 0 bridgehead atoms. The zero-order valence-corrected chi connectivity index (χ0v) is 17.0. The Morgan fingerprint density at radius 1 is 0.931 bits per heavy atom. The Labute approximate surface area is 181 Å². The van der Waals surface area contributed by atoms with E-state index in [1.807, 2.05) is 0 Å². The number of ether oxygens (including phenoxy) is 2. The predicted molar refractivity (Wildman–Crippen MR) is 112 cm³/mol. The number of carbonyl (C=O) groups is 1. The molecule has 0 spiro atoms. The van der Waals surface area contributed by atoms with E-state index >= 15 is 0 Å². The summed E-state index contributed by atoms with van der Waals surface area (Å²) in [4.78, 5) is 12.6. The number of carbonyl (C=O) groups excluding carboxylic acids is 1.